The molecule has 94 valence electrons. The highest BCUT2D eigenvalue weighted by Gasteiger charge is 2.20. The Bertz CT molecular complexity index is 529. The van der Waals surface area contributed by atoms with E-state index in [1.54, 1.807) is 0 Å². The minimum atomic E-state index is 0.600. The maximum absolute atomic E-state index is 4.24. The van der Waals surface area contributed by atoms with E-state index in [4.69, 9.17) is 0 Å². The zero-order chi connectivity index (χ0) is 12.4. The fourth-order valence-electron chi connectivity index (χ4n) is 2.60. The summed E-state index contributed by atoms with van der Waals surface area (Å²) in [7, 11) is 0. The second-order valence-corrected chi connectivity index (χ2v) is 5.65. The molecule has 4 heteroatoms. The smallest absolute Gasteiger partial charge is 0.0568 e. The number of aromatic nitrogens is 2. The summed E-state index contributed by atoms with van der Waals surface area (Å²) in [5.41, 5.74) is 3.75. The van der Waals surface area contributed by atoms with E-state index in [1.165, 1.54) is 29.7 Å². The van der Waals surface area contributed by atoms with Crippen molar-refractivity contribution < 1.29 is 0 Å². The Morgan fingerprint density at radius 3 is 2.83 bits per heavy atom. The topological polar surface area (TPSA) is 40.7 Å². The van der Waals surface area contributed by atoms with E-state index < -0.39 is 0 Å². The maximum Gasteiger partial charge on any atom is 0.0568 e. The summed E-state index contributed by atoms with van der Waals surface area (Å²) in [6, 6.07) is 8.40. The van der Waals surface area contributed by atoms with Crippen molar-refractivity contribution in [2.75, 3.05) is 13.1 Å². The maximum atomic E-state index is 4.24. The van der Waals surface area contributed by atoms with Gasteiger partial charge in [0, 0.05) is 21.6 Å². The van der Waals surface area contributed by atoms with E-state index >= 15 is 0 Å². The molecule has 3 nitrogen and oxygen atoms in total. The van der Waals surface area contributed by atoms with E-state index in [0.717, 1.165) is 17.6 Å². The summed E-state index contributed by atoms with van der Waals surface area (Å²) in [5.74, 6) is 0.600. The zero-order valence-corrected chi connectivity index (χ0v) is 11.7. The van der Waals surface area contributed by atoms with Crippen LogP contribution >= 0.6 is 15.9 Å². The lowest BCUT2D eigenvalue weighted by Gasteiger charge is -2.22. The van der Waals surface area contributed by atoms with E-state index in [1.807, 2.05) is 12.3 Å². The number of halogens is 1. The van der Waals surface area contributed by atoms with Gasteiger partial charge in [-0.15, -0.1) is 0 Å². The highest BCUT2D eigenvalue weighted by molar-refractivity contribution is 9.10. The van der Waals surface area contributed by atoms with Crippen LogP contribution in [0.5, 0.6) is 0 Å². The van der Waals surface area contributed by atoms with Gasteiger partial charge < -0.3 is 5.32 Å². The van der Waals surface area contributed by atoms with Crippen LogP contribution in [0.4, 0.5) is 0 Å². The molecule has 0 bridgehead atoms. The molecule has 0 aliphatic carbocycles. The lowest BCUT2D eigenvalue weighted by atomic mass is 9.90. The third-order valence-corrected chi connectivity index (χ3v) is 4.05. The van der Waals surface area contributed by atoms with E-state index in [-0.39, 0.29) is 0 Å². The van der Waals surface area contributed by atoms with E-state index in [2.05, 4.69) is 49.6 Å². The van der Waals surface area contributed by atoms with Crippen LogP contribution in [0, 0.1) is 0 Å². The molecule has 1 aromatic heterocycles. The van der Waals surface area contributed by atoms with Gasteiger partial charge in [-0.3, -0.25) is 5.10 Å². The van der Waals surface area contributed by atoms with Gasteiger partial charge in [0.25, 0.3) is 0 Å². The van der Waals surface area contributed by atoms with Crippen molar-refractivity contribution in [1.82, 2.24) is 15.5 Å². The SMILES string of the molecule is Brc1cccc(-c2cn[nH]c2C2CCNCC2)c1. The van der Waals surface area contributed by atoms with Crippen molar-refractivity contribution in [3.63, 3.8) is 0 Å². The summed E-state index contributed by atoms with van der Waals surface area (Å²) >= 11 is 3.53. The number of hydrogen-bond donors (Lipinski definition) is 2. The third kappa shape index (κ3) is 2.35. The van der Waals surface area contributed by atoms with Gasteiger partial charge in [0.15, 0.2) is 0 Å². The molecule has 1 aliphatic heterocycles. The lowest BCUT2D eigenvalue weighted by molar-refractivity contribution is 0.453. The minimum Gasteiger partial charge on any atom is -0.317 e. The normalized spacial score (nSPS) is 16.9. The van der Waals surface area contributed by atoms with Crippen molar-refractivity contribution in [3.05, 3.63) is 40.6 Å². The first kappa shape index (κ1) is 11.9. The number of rotatable bonds is 2. The number of H-pyrrole nitrogens is 1. The Balaban J connectivity index is 1.95. The van der Waals surface area contributed by atoms with Gasteiger partial charge >= 0.3 is 0 Å². The summed E-state index contributed by atoms with van der Waals surface area (Å²) < 4.78 is 1.11. The van der Waals surface area contributed by atoms with Gasteiger partial charge in [0.1, 0.15) is 0 Å². The summed E-state index contributed by atoms with van der Waals surface area (Å²) in [6.07, 6.45) is 4.31. The van der Waals surface area contributed by atoms with E-state index in [0.29, 0.717) is 5.92 Å². The Morgan fingerprint density at radius 1 is 1.22 bits per heavy atom. The first-order valence-corrected chi connectivity index (χ1v) is 7.14. The molecule has 18 heavy (non-hydrogen) atoms. The van der Waals surface area contributed by atoms with Crippen LogP contribution in [0.15, 0.2) is 34.9 Å². The predicted molar refractivity (Wildman–Crippen MR) is 76.6 cm³/mol. The van der Waals surface area contributed by atoms with Crippen LogP contribution in [0.3, 0.4) is 0 Å². The van der Waals surface area contributed by atoms with Gasteiger partial charge in [-0.05, 0) is 43.6 Å². The lowest BCUT2D eigenvalue weighted by Crippen LogP contribution is -2.27. The Labute approximate surface area is 115 Å². The molecule has 0 unspecified atom stereocenters. The monoisotopic (exact) mass is 305 g/mol. The van der Waals surface area contributed by atoms with Crippen LogP contribution < -0.4 is 5.32 Å². The highest BCUT2D eigenvalue weighted by atomic mass is 79.9. The largest absolute Gasteiger partial charge is 0.317 e. The first-order chi connectivity index (χ1) is 8.84. The van der Waals surface area contributed by atoms with E-state index in [9.17, 15) is 0 Å². The Kier molecular flexibility index (Phi) is 3.48. The molecule has 1 fully saturated rings. The molecule has 1 saturated heterocycles. The molecule has 0 saturated carbocycles. The molecule has 1 aliphatic rings. The molecule has 0 amide bonds. The fraction of sp³-hybridized carbons (Fsp3) is 0.357. The molecule has 0 spiro atoms. The average Bonchev–Trinajstić information content (AvgIpc) is 2.89. The number of aromatic amines is 1. The first-order valence-electron chi connectivity index (χ1n) is 6.34. The zero-order valence-electron chi connectivity index (χ0n) is 10.1. The average molecular weight is 306 g/mol. The minimum absolute atomic E-state index is 0.600. The van der Waals surface area contributed by atoms with Gasteiger partial charge in [0.2, 0.25) is 0 Å². The van der Waals surface area contributed by atoms with Crippen molar-refractivity contribution in [3.8, 4) is 11.1 Å². The number of piperidine rings is 1. The van der Waals surface area contributed by atoms with Crippen LogP contribution in [-0.2, 0) is 0 Å². The van der Waals surface area contributed by atoms with Crippen molar-refractivity contribution >= 4 is 15.9 Å². The molecular formula is C14H16BrN3. The standard InChI is InChI=1S/C14H16BrN3/c15-12-3-1-2-11(8-12)13-9-17-18-14(13)10-4-6-16-7-5-10/h1-3,8-10,16H,4-7H2,(H,17,18). The molecule has 2 N–H and O–H groups in total. The van der Waals surface area contributed by atoms with Crippen LogP contribution in [0.1, 0.15) is 24.5 Å². The Morgan fingerprint density at radius 2 is 2.06 bits per heavy atom. The highest BCUT2D eigenvalue weighted by Crippen LogP contribution is 2.33. The number of nitrogens with zero attached hydrogens (tertiary/aromatic N) is 1. The molecule has 0 atom stereocenters. The Hall–Kier alpha value is -1.13. The van der Waals surface area contributed by atoms with Crippen LogP contribution in [-0.4, -0.2) is 23.3 Å². The van der Waals surface area contributed by atoms with Crippen LogP contribution in [0.2, 0.25) is 0 Å². The number of hydrogen-bond acceptors (Lipinski definition) is 2. The molecular weight excluding hydrogens is 290 g/mol. The number of nitrogens with one attached hydrogen (secondary N) is 2. The van der Waals surface area contributed by atoms with Gasteiger partial charge in [-0.25, -0.2) is 0 Å². The van der Waals surface area contributed by atoms with Gasteiger partial charge in [-0.1, -0.05) is 28.1 Å². The van der Waals surface area contributed by atoms with Crippen LogP contribution in [0.25, 0.3) is 11.1 Å². The fourth-order valence-corrected chi connectivity index (χ4v) is 3.00. The van der Waals surface area contributed by atoms with Gasteiger partial charge in [0.05, 0.1) is 6.20 Å². The predicted octanol–water partition coefficient (Wildman–Crippen LogP) is 3.31. The van der Waals surface area contributed by atoms with Gasteiger partial charge in [-0.2, -0.15) is 5.10 Å². The summed E-state index contributed by atoms with van der Waals surface area (Å²) in [6.45, 7) is 2.20. The van der Waals surface area contributed by atoms with Crippen molar-refractivity contribution in [2.24, 2.45) is 0 Å². The molecule has 2 heterocycles. The molecule has 1 aromatic carbocycles. The molecule has 3 rings (SSSR count). The second-order valence-electron chi connectivity index (χ2n) is 4.73. The van der Waals surface area contributed by atoms with Crippen molar-refractivity contribution in [2.45, 2.75) is 18.8 Å². The molecule has 0 radical (unpaired) electrons. The number of benzene rings is 1. The molecule has 2 aromatic rings. The summed E-state index contributed by atoms with van der Waals surface area (Å²) in [4.78, 5) is 0. The van der Waals surface area contributed by atoms with Crippen molar-refractivity contribution in [1.29, 1.82) is 0 Å². The third-order valence-electron chi connectivity index (χ3n) is 3.55. The quantitative estimate of drug-likeness (QED) is 0.894. The summed E-state index contributed by atoms with van der Waals surface area (Å²) in [5, 5.41) is 10.8. The second kappa shape index (κ2) is 5.24.